The molecule has 0 spiro atoms. The summed E-state index contributed by atoms with van der Waals surface area (Å²) in [7, 11) is 0. The smallest absolute Gasteiger partial charge is 0.307 e. The van der Waals surface area contributed by atoms with Crippen LogP contribution in [-0.2, 0) is 16.0 Å². The van der Waals surface area contributed by atoms with Gasteiger partial charge >= 0.3 is 11.9 Å². The lowest BCUT2D eigenvalue weighted by Gasteiger charge is -2.06. The van der Waals surface area contributed by atoms with Gasteiger partial charge < -0.3 is 10.2 Å². The number of aliphatic carboxylic acids is 2. The highest BCUT2D eigenvalue weighted by atomic mass is 16.4. The van der Waals surface area contributed by atoms with E-state index in [0.29, 0.717) is 5.69 Å². The molecule has 0 saturated carbocycles. The Hall–Kier alpha value is -1.92. The molecule has 7 nitrogen and oxygen atoms in total. The molecule has 1 aromatic heterocycles. The number of carboxylic acids is 2. The van der Waals surface area contributed by atoms with Crippen molar-refractivity contribution in [3.63, 3.8) is 0 Å². The summed E-state index contributed by atoms with van der Waals surface area (Å²) in [5, 5.41) is 26.6. The van der Waals surface area contributed by atoms with Gasteiger partial charge in [-0.2, -0.15) is 0 Å². The van der Waals surface area contributed by atoms with Crippen LogP contribution in [0.3, 0.4) is 0 Å². The maximum Gasteiger partial charge on any atom is 0.307 e. The summed E-state index contributed by atoms with van der Waals surface area (Å²) < 4.78 is 0. The fourth-order valence-corrected chi connectivity index (χ4v) is 1.04. The number of hydrogen-bond donors (Lipinski definition) is 3. The molecule has 0 saturated heterocycles. The molecule has 0 aliphatic carbocycles. The van der Waals surface area contributed by atoms with E-state index in [1.165, 1.54) is 6.20 Å². The summed E-state index contributed by atoms with van der Waals surface area (Å²) in [5.41, 5.74) is 0.443. The maximum atomic E-state index is 10.6. The molecule has 3 N–H and O–H groups in total. The predicted octanol–water partition coefficient (Wildman–Crippen LogP) is -0.477. The fraction of sp³-hybridized carbons (Fsp3) is 0.429. The molecule has 0 aromatic carbocycles. The molecule has 7 heteroatoms. The Bertz CT molecular complexity index is 322. The first-order valence-corrected chi connectivity index (χ1v) is 3.89. The van der Waals surface area contributed by atoms with Crippen molar-refractivity contribution < 1.29 is 19.8 Å². The van der Waals surface area contributed by atoms with Crippen LogP contribution < -0.4 is 0 Å². The molecule has 1 atom stereocenters. The van der Waals surface area contributed by atoms with Crippen LogP contribution in [0.25, 0.3) is 0 Å². The second-order valence-electron chi connectivity index (χ2n) is 2.80. The number of nitrogens with zero attached hydrogens (tertiary/aromatic N) is 2. The van der Waals surface area contributed by atoms with E-state index in [9.17, 15) is 9.59 Å². The number of carboxylic acid groups (broad SMARTS) is 2. The Kier molecular flexibility index (Phi) is 3.16. The Labute approximate surface area is 78.8 Å². The Morgan fingerprint density at radius 1 is 1.50 bits per heavy atom. The molecule has 0 aliphatic rings. The van der Waals surface area contributed by atoms with Crippen molar-refractivity contribution in [3.8, 4) is 0 Å². The number of nitrogens with one attached hydrogen (secondary N) is 1. The quantitative estimate of drug-likeness (QED) is 0.589. The van der Waals surface area contributed by atoms with Gasteiger partial charge in [-0.1, -0.05) is 5.21 Å². The first kappa shape index (κ1) is 10.2. The molecule has 0 bridgehead atoms. The number of aromatic nitrogens is 3. The molecule has 0 radical (unpaired) electrons. The molecule has 14 heavy (non-hydrogen) atoms. The summed E-state index contributed by atoms with van der Waals surface area (Å²) in [6.07, 6.45) is 1.10. The lowest BCUT2D eigenvalue weighted by atomic mass is 10.0. The van der Waals surface area contributed by atoms with Crippen LogP contribution in [-0.4, -0.2) is 37.6 Å². The zero-order valence-corrected chi connectivity index (χ0v) is 7.17. The number of H-pyrrole nitrogens is 1. The van der Waals surface area contributed by atoms with Crippen LogP contribution in [0.2, 0.25) is 0 Å². The summed E-state index contributed by atoms with van der Waals surface area (Å²) >= 11 is 0. The zero-order valence-electron chi connectivity index (χ0n) is 7.17. The van der Waals surface area contributed by atoms with Gasteiger partial charge in [-0.05, 0) is 0 Å². The van der Waals surface area contributed by atoms with Gasteiger partial charge in [0.05, 0.1) is 18.0 Å². The Balaban J connectivity index is 2.60. The second kappa shape index (κ2) is 4.35. The fourth-order valence-electron chi connectivity index (χ4n) is 1.04. The molecular formula is C7H9N3O4. The lowest BCUT2D eigenvalue weighted by Crippen LogP contribution is -2.20. The number of aromatic amines is 1. The Morgan fingerprint density at radius 2 is 2.21 bits per heavy atom. The van der Waals surface area contributed by atoms with E-state index < -0.39 is 24.3 Å². The molecular weight excluding hydrogens is 190 g/mol. The highest BCUT2D eigenvalue weighted by Crippen LogP contribution is 2.09. The third kappa shape index (κ3) is 2.85. The van der Waals surface area contributed by atoms with Crippen LogP contribution in [0.4, 0.5) is 0 Å². The monoisotopic (exact) mass is 199 g/mol. The highest BCUT2D eigenvalue weighted by Gasteiger charge is 2.22. The minimum absolute atomic E-state index is 0.0676. The lowest BCUT2D eigenvalue weighted by molar-refractivity contribution is -0.148. The van der Waals surface area contributed by atoms with Crippen molar-refractivity contribution in [2.75, 3.05) is 0 Å². The minimum Gasteiger partial charge on any atom is -0.481 e. The van der Waals surface area contributed by atoms with E-state index in [1.54, 1.807) is 0 Å². The molecule has 0 aliphatic heterocycles. The number of carbonyl (C=O) groups is 2. The van der Waals surface area contributed by atoms with Crippen LogP contribution in [0.1, 0.15) is 12.1 Å². The van der Waals surface area contributed by atoms with Gasteiger partial charge in [-0.3, -0.25) is 14.7 Å². The highest BCUT2D eigenvalue weighted by molar-refractivity contribution is 5.77. The van der Waals surface area contributed by atoms with Crippen LogP contribution >= 0.6 is 0 Å². The molecule has 1 aromatic rings. The topological polar surface area (TPSA) is 116 Å². The third-order valence-electron chi connectivity index (χ3n) is 1.69. The maximum absolute atomic E-state index is 10.6. The van der Waals surface area contributed by atoms with E-state index in [-0.39, 0.29) is 6.42 Å². The van der Waals surface area contributed by atoms with Crippen molar-refractivity contribution in [3.05, 3.63) is 11.9 Å². The van der Waals surface area contributed by atoms with Crippen molar-refractivity contribution in [2.45, 2.75) is 12.8 Å². The van der Waals surface area contributed by atoms with Gasteiger partial charge in [0.25, 0.3) is 0 Å². The molecule has 1 heterocycles. The summed E-state index contributed by atoms with van der Waals surface area (Å²) in [4.78, 5) is 21.0. The number of rotatable bonds is 5. The average Bonchev–Trinajstić information content (AvgIpc) is 2.54. The van der Waals surface area contributed by atoms with Crippen LogP contribution in [0, 0.1) is 5.92 Å². The zero-order chi connectivity index (χ0) is 10.6. The van der Waals surface area contributed by atoms with Gasteiger partial charge in [0.2, 0.25) is 0 Å². The van der Waals surface area contributed by atoms with E-state index >= 15 is 0 Å². The van der Waals surface area contributed by atoms with Crippen molar-refractivity contribution >= 4 is 11.9 Å². The van der Waals surface area contributed by atoms with Crippen LogP contribution in [0.5, 0.6) is 0 Å². The van der Waals surface area contributed by atoms with Gasteiger partial charge in [-0.15, -0.1) is 5.10 Å². The molecule has 76 valence electrons. The second-order valence-corrected chi connectivity index (χ2v) is 2.80. The van der Waals surface area contributed by atoms with Gasteiger partial charge in [0.1, 0.15) is 0 Å². The standard InChI is InChI=1S/C7H9N3O4/c11-6(12)2-4(7(13)14)1-5-3-8-10-9-5/h3-4H,1-2H2,(H,11,12)(H,13,14)(H,8,9,10). The normalized spacial score (nSPS) is 12.3. The summed E-state index contributed by atoms with van der Waals surface area (Å²) in [5.74, 6) is -3.24. The van der Waals surface area contributed by atoms with Crippen molar-refractivity contribution in [1.82, 2.24) is 15.4 Å². The van der Waals surface area contributed by atoms with Gasteiger partial charge in [-0.25, -0.2) is 0 Å². The van der Waals surface area contributed by atoms with E-state index in [4.69, 9.17) is 10.2 Å². The molecule has 1 unspecified atom stereocenters. The number of hydrogen-bond acceptors (Lipinski definition) is 4. The summed E-state index contributed by atoms with van der Waals surface area (Å²) in [6, 6.07) is 0. The Morgan fingerprint density at radius 3 is 2.64 bits per heavy atom. The molecule has 0 amide bonds. The summed E-state index contributed by atoms with van der Waals surface area (Å²) in [6.45, 7) is 0. The molecule has 0 fully saturated rings. The first-order chi connectivity index (χ1) is 6.59. The van der Waals surface area contributed by atoms with Crippen LogP contribution in [0.15, 0.2) is 6.20 Å². The largest absolute Gasteiger partial charge is 0.481 e. The average molecular weight is 199 g/mol. The van der Waals surface area contributed by atoms with Crippen molar-refractivity contribution in [2.24, 2.45) is 5.92 Å². The first-order valence-electron chi connectivity index (χ1n) is 3.89. The van der Waals surface area contributed by atoms with Gasteiger partial charge in [0.15, 0.2) is 0 Å². The van der Waals surface area contributed by atoms with Crippen molar-refractivity contribution in [1.29, 1.82) is 0 Å². The van der Waals surface area contributed by atoms with E-state index in [0.717, 1.165) is 0 Å². The molecule has 1 rings (SSSR count). The predicted molar refractivity (Wildman–Crippen MR) is 43.5 cm³/mol. The van der Waals surface area contributed by atoms with E-state index in [2.05, 4.69) is 15.4 Å². The van der Waals surface area contributed by atoms with Gasteiger partial charge in [0, 0.05) is 12.6 Å². The van der Waals surface area contributed by atoms with E-state index in [1.807, 2.05) is 0 Å². The third-order valence-corrected chi connectivity index (χ3v) is 1.69. The SMILES string of the molecule is O=C(O)CC(Cc1c[nH]nn1)C(=O)O. The minimum atomic E-state index is -1.14.